The van der Waals surface area contributed by atoms with Gasteiger partial charge >= 0.3 is 12.6 Å². The van der Waals surface area contributed by atoms with Crippen LogP contribution in [0.5, 0.6) is 11.5 Å². The summed E-state index contributed by atoms with van der Waals surface area (Å²) in [5, 5.41) is 2.48. The molecule has 0 saturated carbocycles. The van der Waals surface area contributed by atoms with Crippen LogP contribution in [0.1, 0.15) is 12.5 Å². The van der Waals surface area contributed by atoms with E-state index in [9.17, 15) is 18.4 Å². The minimum Gasteiger partial charge on any atom is -0.493 e. The van der Waals surface area contributed by atoms with Crippen molar-refractivity contribution in [2.24, 2.45) is 0 Å². The van der Waals surface area contributed by atoms with E-state index in [4.69, 9.17) is 9.47 Å². The van der Waals surface area contributed by atoms with Gasteiger partial charge in [0, 0.05) is 18.2 Å². The number of carbonyl (C=O) groups is 2. The third kappa shape index (κ3) is 6.62. The van der Waals surface area contributed by atoms with Gasteiger partial charge in [0.25, 0.3) is 5.91 Å². The fourth-order valence-corrected chi connectivity index (χ4v) is 1.78. The van der Waals surface area contributed by atoms with Crippen LogP contribution in [0.3, 0.4) is 0 Å². The van der Waals surface area contributed by atoms with E-state index in [2.05, 4.69) is 16.6 Å². The monoisotopic (exact) mass is 355 g/mol. The minimum atomic E-state index is -3.05. The molecule has 0 saturated heterocycles. The van der Waals surface area contributed by atoms with Crippen molar-refractivity contribution in [2.75, 3.05) is 13.7 Å². The Balaban J connectivity index is 2.82. The number of amides is 1. The number of benzene rings is 1. The summed E-state index contributed by atoms with van der Waals surface area (Å²) in [6, 6.07) is 4.46. The Morgan fingerprint density at radius 3 is 2.68 bits per heavy atom. The molecule has 1 atom stereocenters. The largest absolute Gasteiger partial charge is 0.493 e. The first-order valence-electron chi connectivity index (χ1n) is 7.28. The van der Waals surface area contributed by atoms with Crippen molar-refractivity contribution < 1.29 is 32.6 Å². The van der Waals surface area contributed by atoms with Gasteiger partial charge in [-0.05, 0) is 19.1 Å². The summed E-state index contributed by atoms with van der Waals surface area (Å²) in [5.41, 5.74) is 0.195. The minimum absolute atomic E-state index is 0.0907. The van der Waals surface area contributed by atoms with Gasteiger partial charge in [-0.3, -0.25) is 4.79 Å². The number of para-hydroxylation sites is 1. The highest BCUT2D eigenvalue weighted by Gasteiger charge is 2.17. The third-order valence-corrected chi connectivity index (χ3v) is 2.92. The normalized spacial score (nSPS) is 11.9. The van der Waals surface area contributed by atoms with Crippen LogP contribution >= 0.6 is 0 Å². The molecule has 0 unspecified atom stereocenters. The van der Waals surface area contributed by atoms with Gasteiger partial charge in [-0.1, -0.05) is 18.2 Å². The van der Waals surface area contributed by atoms with Gasteiger partial charge < -0.3 is 19.5 Å². The number of ether oxygens (including phenoxy) is 3. The van der Waals surface area contributed by atoms with Gasteiger partial charge in [-0.25, -0.2) is 4.79 Å². The number of carbonyl (C=O) groups excluding carboxylic acids is 2. The molecule has 0 fully saturated rings. The van der Waals surface area contributed by atoms with Gasteiger partial charge in [0.1, 0.15) is 0 Å². The number of esters is 1. The average Bonchev–Trinajstić information content (AvgIpc) is 2.57. The van der Waals surface area contributed by atoms with E-state index in [1.54, 1.807) is 6.07 Å². The van der Waals surface area contributed by atoms with E-state index >= 15 is 0 Å². The maximum absolute atomic E-state index is 12.5. The number of nitrogens with one attached hydrogen (secondary N) is 1. The van der Waals surface area contributed by atoms with Gasteiger partial charge in [0.2, 0.25) is 0 Å². The van der Waals surface area contributed by atoms with E-state index in [0.29, 0.717) is 0 Å². The molecule has 1 aromatic carbocycles. The van der Waals surface area contributed by atoms with Crippen LogP contribution in [-0.2, 0) is 14.3 Å². The summed E-state index contributed by atoms with van der Waals surface area (Å²) in [5.74, 6) is -1.41. The quantitative estimate of drug-likeness (QED) is 0.419. The first-order chi connectivity index (χ1) is 11.9. The molecule has 0 aliphatic carbocycles. The van der Waals surface area contributed by atoms with Gasteiger partial charge in [0.15, 0.2) is 17.6 Å². The average molecular weight is 355 g/mol. The predicted octanol–water partition coefficient (Wildman–Crippen LogP) is 2.54. The summed E-state index contributed by atoms with van der Waals surface area (Å²) in [7, 11) is 1.30. The fourth-order valence-electron chi connectivity index (χ4n) is 1.78. The second kappa shape index (κ2) is 10.1. The molecule has 1 N–H and O–H groups in total. The SMILES string of the molecule is C=CCNC(=O)[C@@H](C)OC(=O)/C=C/c1cccc(OC)c1OC(F)F. The standard InChI is InChI=1S/C17H19F2NO5/c1-4-10-20-16(22)11(2)24-14(21)9-8-12-6-5-7-13(23-3)15(12)25-17(18)19/h4-9,11,17H,1,10H2,2-3H3,(H,20,22)/b9-8+/t11-/m1/s1. The highest BCUT2D eigenvalue weighted by atomic mass is 19.3. The van der Waals surface area contributed by atoms with Crippen molar-refractivity contribution in [3.8, 4) is 11.5 Å². The maximum Gasteiger partial charge on any atom is 0.387 e. The van der Waals surface area contributed by atoms with E-state index in [0.717, 1.165) is 6.08 Å². The number of rotatable bonds is 9. The van der Waals surface area contributed by atoms with E-state index < -0.39 is 24.6 Å². The molecule has 0 radical (unpaired) electrons. The number of hydrogen-bond acceptors (Lipinski definition) is 5. The molecule has 1 aromatic rings. The first kappa shape index (κ1) is 20.1. The topological polar surface area (TPSA) is 73.9 Å². The van der Waals surface area contributed by atoms with Crippen LogP contribution in [0.2, 0.25) is 0 Å². The molecule has 0 aromatic heterocycles. The smallest absolute Gasteiger partial charge is 0.387 e. The van der Waals surface area contributed by atoms with E-state index in [1.807, 2.05) is 0 Å². The Hall–Kier alpha value is -2.90. The van der Waals surface area contributed by atoms with Gasteiger partial charge in [-0.15, -0.1) is 6.58 Å². The molecular formula is C17H19F2NO5. The second-order valence-electron chi connectivity index (χ2n) is 4.70. The summed E-state index contributed by atoms with van der Waals surface area (Å²) in [6.07, 6.45) is 2.71. The molecule has 1 amide bonds. The maximum atomic E-state index is 12.5. The lowest BCUT2D eigenvalue weighted by Gasteiger charge is -2.13. The molecule has 0 heterocycles. The zero-order valence-electron chi connectivity index (χ0n) is 13.8. The van der Waals surface area contributed by atoms with E-state index in [-0.39, 0.29) is 23.6 Å². The highest BCUT2D eigenvalue weighted by molar-refractivity contribution is 5.90. The number of hydrogen-bond donors (Lipinski definition) is 1. The molecular weight excluding hydrogens is 336 g/mol. The van der Waals surface area contributed by atoms with Crippen LogP contribution in [0.15, 0.2) is 36.9 Å². The Kier molecular flexibility index (Phi) is 8.11. The van der Waals surface area contributed by atoms with Crippen LogP contribution in [0.25, 0.3) is 6.08 Å². The zero-order chi connectivity index (χ0) is 18.8. The van der Waals surface area contributed by atoms with Crippen molar-refractivity contribution in [3.63, 3.8) is 0 Å². The molecule has 6 nitrogen and oxygen atoms in total. The van der Waals surface area contributed by atoms with Crippen molar-refractivity contribution in [1.29, 1.82) is 0 Å². The number of alkyl halides is 2. The van der Waals surface area contributed by atoms with E-state index in [1.165, 1.54) is 38.3 Å². The van der Waals surface area contributed by atoms with Crippen LogP contribution in [-0.4, -0.2) is 38.2 Å². The summed E-state index contributed by atoms with van der Waals surface area (Å²) in [6.45, 7) is 2.05. The Labute approximate surface area is 144 Å². The van der Waals surface area contributed by atoms with Crippen LogP contribution in [0, 0.1) is 0 Å². The van der Waals surface area contributed by atoms with Crippen molar-refractivity contribution in [2.45, 2.75) is 19.6 Å². The van der Waals surface area contributed by atoms with Gasteiger partial charge in [0.05, 0.1) is 7.11 Å². The highest BCUT2D eigenvalue weighted by Crippen LogP contribution is 2.33. The van der Waals surface area contributed by atoms with Gasteiger partial charge in [-0.2, -0.15) is 8.78 Å². The van der Waals surface area contributed by atoms with Crippen molar-refractivity contribution in [3.05, 3.63) is 42.5 Å². The molecule has 0 spiro atoms. The Bertz CT molecular complexity index is 646. The molecule has 136 valence electrons. The zero-order valence-corrected chi connectivity index (χ0v) is 13.8. The second-order valence-corrected chi connectivity index (χ2v) is 4.70. The summed E-state index contributed by atoms with van der Waals surface area (Å²) < 4.78 is 39.4. The van der Waals surface area contributed by atoms with Crippen LogP contribution in [0.4, 0.5) is 8.78 Å². The molecule has 25 heavy (non-hydrogen) atoms. The molecule has 1 rings (SSSR count). The molecule has 0 bridgehead atoms. The molecule has 8 heteroatoms. The lowest BCUT2D eigenvalue weighted by molar-refractivity contribution is -0.150. The fraction of sp³-hybridized carbons (Fsp3) is 0.294. The van der Waals surface area contributed by atoms with Crippen molar-refractivity contribution in [1.82, 2.24) is 5.32 Å². The lowest BCUT2D eigenvalue weighted by atomic mass is 10.1. The Morgan fingerprint density at radius 1 is 1.36 bits per heavy atom. The molecule has 0 aliphatic heterocycles. The van der Waals surface area contributed by atoms with Crippen LogP contribution < -0.4 is 14.8 Å². The summed E-state index contributed by atoms with van der Waals surface area (Å²) >= 11 is 0. The molecule has 0 aliphatic rings. The summed E-state index contributed by atoms with van der Waals surface area (Å²) in [4.78, 5) is 23.4. The number of halogens is 2. The third-order valence-electron chi connectivity index (χ3n) is 2.92. The number of methoxy groups -OCH3 is 1. The van der Waals surface area contributed by atoms with Crippen molar-refractivity contribution >= 4 is 18.0 Å². The predicted molar refractivity (Wildman–Crippen MR) is 87.4 cm³/mol. The lowest BCUT2D eigenvalue weighted by Crippen LogP contribution is -2.35. The first-order valence-corrected chi connectivity index (χ1v) is 7.28. The Morgan fingerprint density at radius 2 is 2.08 bits per heavy atom.